The van der Waals surface area contributed by atoms with Gasteiger partial charge in [-0.2, -0.15) is 10.4 Å². The van der Waals surface area contributed by atoms with Gasteiger partial charge in [-0.15, -0.1) is 0 Å². The summed E-state index contributed by atoms with van der Waals surface area (Å²) >= 11 is 0. The fraction of sp³-hybridized carbons (Fsp3) is 0.588. The van der Waals surface area contributed by atoms with Gasteiger partial charge >= 0.3 is 0 Å². The predicted octanol–water partition coefficient (Wildman–Crippen LogP) is 2.72. The van der Waals surface area contributed by atoms with Crippen LogP contribution in [0.15, 0.2) is 11.0 Å². The first kappa shape index (κ1) is 13.6. The van der Waals surface area contributed by atoms with Gasteiger partial charge in [-0.1, -0.05) is 0 Å². The predicted molar refractivity (Wildman–Crippen MR) is 83.8 cm³/mol. The van der Waals surface area contributed by atoms with Gasteiger partial charge in [0.1, 0.15) is 5.65 Å². The Balaban J connectivity index is 2.00. The van der Waals surface area contributed by atoms with Crippen molar-refractivity contribution in [2.75, 3.05) is 0 Å². The first-order chi connectivity index (χ1) is 10.8. The van der Waals surface area contributed by atoms with Crippen LogP contribution < -0.4 is 5.56 Å². The topological polar surface area (TPSA) is 63.6 Å². The molecule has 22 heavy (non-hydrogen) atoms. The van der Waals surface area contributed by atoms with E-state index in [1.165, 1.54) is 12.0 Å². The number of aromatic nitrogens is 3. The van der Waals surface area contributed by atoms with Crippen LogP contribution in [0.1, 0.15) is 55.7 Å². The Hall–Kier alpha value is -2.09. The molecule has 0 radical (unpaired) electrons. The van der Waals surface area contributed by atoms with Crippen LogP contribution in [0.25, 0.3) is 11.0 Å². The van der Waals surface area contributed by atoms with E-state index in [1.807, 2.05) is 15.4 Å². The van der Waals surface area contributed by atoms with Gasteiger partial charge < -0.3 is 0 Å². The fourth-order valence-corrected chi connectivity index (χ4v) is 3.83. The molecule has 4 rings (SSSR count). The van der Waals surface area contributed by atoms with Crippen LogP contribution in [0.2, 0.25) is 0 Å². The maximum absolute atomic E-state index is 13.0. The van der Waals surface area contributed by atoms with E-state index in [0.29, 0.717) is 19.0 Å². The molecule has 2 heterocycles. The molecule has 0 atom stereocenters. The molecule has 1 saturated carbocycles. The third kappa shape index (κ3) is 1.90. The Morgan fingerprint density at radius 2 is 2.00 bits per heavy atom. The average Bonchev–Trinajstić information content (AvgIpc) is 2.91. The highest BCUT2D eigenvalue weighted by atomic mass is 16.1. The van der Waals surface area contributed by atoms with Crippen molar-refractivity contribution in [3.8, 4) is 6.07 Å². The second kappa shape index (κ2) is 5.28. The van der Waals surface area contributed by atoms with Crippen molar-refractivity contribution in [2.45, 2.75) is 64.0 Å². The molecule has 0 aromatic carbocycles. The van der Waals surface area contributed by atoms with Crippen molar-refractivity contribution in [1.82, 2.24) is 14.3 Å². The standard InChI is InChI=1S/C17H20N4O/c18-9-4-10-20-16-15(11-19-20)13-7-1-2-8-14(13)17(22)21(16)12-5-3-6-12/h11-12H,1-8,10H2. The summed E-state index contributed by atoms with van der Waals surface area (Å²) in [6.07, 6.45) is 9.84. The van der Waals surface area contributed by atoms with E-state index >= 15 is 0 Å². The van der Waals surface area contributed by atoms with Crippen molar-refractivity contribution in [2.24, 2.45) is 0 Å². The zero-order valence-corrected chi connectivity index (χ0v) is 12.7. The normalized spacial score (nSPS) is 18.0. The number of nitriles is 1. The Bertz CT molecular complexity index is 820. The molecule has 0 unspecified atom stereocenters. The van der Waals surface area contributed by atoms with E-state index < -0.39 is 0 Å². The molecule has 0 amide bonds. The number of fused-ring (bicyclic) bond motifs is 3. The zero-order valence-electron chi connectivity index (χ0n) is 12.7. The van der Waals surface area contributed by atoms with Crippen molar-refractivity contribution >= 4 is 11.0 Å². The van der Waals surface area contributed by atoms with Gasteiger partial charge in [0, 0.05) is 17.0 Å². The molecule has 2 aromatic rings. The van der Waals surface area contributed by atoms with E-state index in [9.17, 15) is 4.79 Å². The molecule has 0 aliphatic heterocycles. The number of pyridine rings is 1. The molecular formula is C17H20N4O. The van der Waals surface area contributed by atoms with Gasteiger partial charge in [0.2, 0.25) is 0 Å². The van der Waals surface area contributed by atoms with Gasteiger partial charge in [-0.05, 0) is 50.5 Å². The van der Waals surface area contributed by atoms with Gasteiger partial charge in [0.15, 0.2) is 0 Å². The quantitative estimate of drug-likeness (QED) is 0.874. The smallest absolute Gasteiger partial charge is 0.255 e. The van der Waals surface area contributed by atoms with Crippen molar-refractivity contribution in [3.05, 3.63) is 27.7 Å². The molecule has 2 aliphatic rings. The summed E-state index contributed by atoms with van der Waals surface area (Å²) in [6.45, 7) is 0.560. The van der Waals surface area contributed by atoms with Crippen LogP contribution in [0.5, 0.6) is 0 Å². The van der Waals surface area contributed by atoms with Crippen LogP contribution in [0, 0.1) is 11.3 Å². The summed E-state index contributed by atoms with van der Waals surface area (Å²) in [4.78, 5) is 13.0. The van der Waals surface area contributed by atoms with Crippen LogP contribution in [0.4, 0.5) is 0 Å². The first-order valence-corrected chi connectivity index (χ1v) is 8.30. The lowest BCUT2D eigenvalue weighted by atomic mass is 9.88. The van der Waals surface area contributed by atoms with Gasteiger partial charge in [-0.25, -0.2) is 4.68 Å². The Labute approximate surface area is 129 Å². The lowest BCUT2D eigenvalue weighted by Gasteiger charge is -2.30. The van der Waals surface area contributed by atoms with E-state index in [0.717, 1.165) is 55.1 Å². The number of rotatable bonds is 3. The minimum absolute atomic E-state index is 0.200. The summed E-state index contributed by atoms with van der Waals surface area (Å²) in [7, 11) is 0. The van der Waals surface area contributed by atoms with E-state index in [4.69, 9.17) is 5.26 Å². The number of aryl methyl sites for hydroxylation is 2. The van der Waals surface area contributed by atoms with E-state index in [-0.39, 0.29) is 5.56 Å². The van der Waals surface area contributed by atoms with E-state index in [1.54, 1.807) is 0 Å². The third-order valence-electron chi connectivity index (χ3n) is 5.18. The molecule has 0 N–H and O–H groups in total. The molecule has 2 aliphatic carbocycles. The summed E-state index contributed by atoms with van der Waals surface area (Å²) in [5, 5.41) is 14.5. The molecule has 0 saturated heterocycles. The summed E-state index contributed by atoms with van der Waals surface area (Å²) in [5.41, 5.74) is 3.38. The summed E-state index contributed by atoms with van der Waals surface area (Å²) in [6, 6.07) is 2.50. The molecule has 5 heteroatoms. The molecule has 1 fully saturated rings. The summed E-state index contributed by atoms with van der Waals surface area (Å²) < 4.78 is 3.86. The van der Waals surface area contributed by atoms with Crippen molar-refractivity contribution < 1.29 is 0 Å². The molecule has 0 bridgehead atoms. The second-order valence-electron chi connectivity index (χ2n) is 6.44. The highest BCUT2D eigenvalue weighted by Gasteiger charge is 2.28. The summed E-state index contributed by atoms with van der Waals surface area (Å²) in [5.74, 6) is 0. The largest absolute Gasteiger partial charge is 0.290 e. The number of hydrogen-bond donors (Lipinski definition) is 0. The zero-order chi connectivity index (χ0) is 15.1. The van der Waals surface area contributed by atoms with Crippen LogP contribution >= 0.6 is 0 Å². The van der Waals surface area contributed by atoms with Gasteiger partial charge in [0.05, 0.1) is 25.2 Å². The molecule has 0 spiro atoms. The highest BCUT2D eigenvalue weighted by molar-refractivity contribution is 5.81. The Kier molecular flexibility index (Phi) is 3.25. The lowest BCUT2D eigenvalue weighted by molar-refractivity contribution is 0.309. The average molecular weight is 296 g/mol. The molecule has 5 nitrogen and oxygen atoms in total. The Morgan fingerprint density at radius 1 is 1.23 bits per heavy atom. The molecule has 114 valence electrons. The monoisotopic (exact) mass is 296 g/mol. The number of hydrogen-bond acceptors (Lipinski definition) is 3. The Morgan fingerprint density at radius 3 is 2.68 bits per heavy atom. The molecule has 2 aromatic heterocycles. The van der Waals surface area contributed by atoms with Crippen molar-refractivity contribution in [3.63, 3.8) is 0 Å². The van der Waals surface area contributed by atoms with Crippen molar-refractivity contribution in [1.29, 1.82) is 5.26 Å². The third-order valence-corrected chi connectivity index (χ3v) is 5.18. The number of nitrogens with zero attached hydrogens (tertiary/aromatic N) is 4. The minimum atomic E-state index is 0.200. The van der Waals surface area contributed by atoms with Crippen LogP contribution in [-0.2, 0) is 19.4 Å². The van der Waals surface area contributed by atoms with Gasteiger partial charge in [0.25, 0.3) is 5.56 Å². The SMILES string of the molecule is N#CCCn1ncc2c3c(c(=O)n(C4CCC4)c21)CCCC3. The van der Waals surface area contributed by atoms with Gasteiger partial charge in [-0.3, -0.25) is 9.36 Å². The fourth-order valence-electron chi connectivity index (χ4n) is 3.83. The van der Waals surface area contributed by atoms with Crippen LogP contribution in [-0.4, -0.2) is 14.3 Å². The van der Waals surface area contributed by atoms with E-state index in [2.05, 4.69) is 11.2 Å². The minimum Gasteiger partial charge on any atom is -0.290 e. The highest BCUT2D eigenvalue weighted by Crippen LogP contribution is 2.35. The maximum atomic E-state index is 13.0. The second-order valence-corrected chi connectivity index (χ2v) is 6.44. The van der Waals surface area contributed by atoms with Crippen LogP contribution in [0.3, 0.4) is 0 Å². The molecular weight excluding hydrogens is 276 g/mol. The lowest BCUT2D eigenvalue weighted by Crippen LogP contribution is -2.34. The maximum Gasteiger partial charge on any atom is 0.255 e. The first-order valence-electron chi connectivity index (χ1n) is 8.30.